The zero-order valence-electron chi connectivity index (χ0n) is 15.0. The predicted octanol–water partition coefficient (Wildman–Crippen LogP) is -1.31. The van der Waals surface area contributed by atoms with Crippen LogP contribution >= 0.6 is 23.5 Å². The number of nitrogen functional groups attached to an aromatic ring is 1. The number of hydrogen-bond donors (Lipinski definition) is 7. The van der Waals surface area contributed by atoms with E-state index in [0.29, 0.717) is 0 Å². The molecule has 18 nitrogen and oxygen atoms in total. The maximum atomic E-state index is 11.8. The van der Waals surface area contributed by atoms with Crippen LogP contribution in [0.3, 0.4) is 0 Å². The molecule has 174 valence electrons. The number of aliphatic hydroxyl groups is 1. The van der Waals surface area contributed by atoms with E-state index in [1.54, 1.807) is 0 Å². The highest BCUT2D eigenvalue weighted by atomic mass is 31.3. The Labute approximate surface area is 171 Å². The van der Waals surface area contributed by atoms with Gasteiger partial charge >= 0.3 is 23.5 Å². The van der Waals surface area contributed by atoms with Crippen LogP contribution in [-0.2, 0) is 31.6 Å². The maximum Gasteiger partial charge on any atom is 0.490 e. The van der Waals surface area contributed by atoms with E-state index in [0.717, 1.165) is 6.33 Å². The first-order valence-electron chi connectivity index (χ1n) is 8.00. The molecule has 0 aliphatic carbocycles. The minimum atomic E-state index is -5.65. The van der Waals surface area contributed by atoms with E-state index in [4.69, 9.17) is 25.2 Å². The van der Waals surface area contributed by atoms with E-state index in [9.17, 15) is 28.5 Å². The third-order valence-corrected chi connectivity index (χ3v) is 7.53. The summed E-state index contributed by atoms with van der Waals surface area (Å²) in [5.41, 5.74) is 4.78. The number of imidazole rings is 1. The fourth-order valence-electron chi connectivity index (χ4n) is 2.70. The number of aromatic nitrogens is 4. The standard InChI is InChI=1S/C10H16N5O13P3/c11-10-13-7-6(8(17)14-10)12-3-15(7)9-5(16)1-4(26-9)2-25-30(21,22)28-31(23,24)27-29(18,19)20/h3-5,9,16H,1-2H2,(H,21,22)(H,23,24)(H2,18,19,20)(H3,11,13,14,17)/t4-,5?,9+/m0/s1. The maximum absolute atomic E-state index is 11.8. The molecule has 0 saturated carbocycles. The first-order chi connectivity index (χ1) is 14.2. The molecule has 1 aliphatic heterocycles. The number of nitrogens with one attached hydrogen (secondary N) is 1. The number of hydrogen-bond acceptors (Lipinski definition) is 12. The summed E-state index contributed by atoms with van der Waals surface area (Å²) >= 11 is 0. The second-order valence-corrected chi connectivity index (χ2v) is 10.5. The number of H-pyrrole nitrogens is 1. The van der Waals surface area contributed by atoms with Crippen molar-refractivity contribution in [2.75, 3.05) is 12.3 Å². The molecule has 1 fully saturated rings. The van der Waals surface area contributed by atoms with Crippen molar-refractivity contribution >= 4 is 40.6 Å². The molecule has 0 amide bonds. The van der Waals surface area contributed by atoms with Crippen molar-refractivity contribution in [3.8, 4) is 0 Å². The van der Waals surface area contributed by atoms with Gasteiger partial charge in [0.15, 0.2) is 17.4 Å². The van der Waals surface area contributed by atoms with Gasteiger partial charge in [0.1, 0.15) is 6.10 Å². The number of nitrogens with two attached hydrogens (primary N) is 1. The highest BCUT2D eigenvalue weighted by Crippen LogP contribution is 2.66. The third kappa shape index (κ3) is 6.04. The summed E-state index contributed by atoms with van der Waals surface area (Å²) in [6, 6.07) is 0. The second kappa shape index (κ2) is 8.44. The molecular formula is C10H16N5O13P3. The lowest BCUT2D eigenvalue weighted by Crippen LogP contribution is -2.20. The van der Waals surface area contributed by atoms with Crippen LogP contribution in [0.4, 0.5) is 5.95 Å². The van der Waals surface area contributed by atoms with Crippen molar-refractivity contribution < 1.29 is 56.3 Å². The highest BCUT2D eigenvalue weighted by Gasteiger charge is 2.42. The van der Waals surface area contributed by atoms with Gasteiger partial charge < -0.3 is 35.2 Å². The second-order valence-electron chi connectivity index (χ2n) is 6.11. The van der Waals surface area contributed by atoms with Crippen molar-refractivity contribution in [1.82, 2.24) is 19.5 Å². The van der Waals surface area contributed by atoms with E-state index in [1.165, 1.54) is 4.57 Å². The fraction of sp³-hybridized carbons (Fsp3) is 0.500. The number of nitrogens with zero attached hydrogens (tertiary/aromatic N) is 3. The van der Waals surface area contributed by atoms with Crippen LogP contribution < -0.4 is 11.3 Å². The van der Waals surface area contributed by atoms with Gasteiger partial charge in [0.05, 0.1) is 19.0 Å². The molecule has 5 atom stereocenters. The number of phosphoric acid groups is 3. The van der Waals surface area contributed by atoms with E-state index in [1.807, 2.05) is 0 Å². The van der Waals surface area contributed by atoms with Gasteiger partial charge in [-0.3, -0.25) is 18.9 Å². The summed E-state index contributed by atoms with van der Waals surface area (Å²) in [5, 5.41) is 10.2. The molecule has 0 bridgehead atoms. The SMILES string of the molecule is Nc1nc2c(ncn2[C@@H]2O[C@H](COP(=O)(O)OP(=O)(O)OP(=O)(O)O)CC2O)c(=O)[nH]1. The predicted molar refractivity (Wildman–Crippen MR) is 96.9 cm³/mol. The lowest BCUT2D eigenvalue weighted by atomic mass is 10.2. The number of rotatable bonds is 8. The lowest BCUT2D eigenvalue weighted by Gasteiger charge is -2.18. The van der Waals surface area contributed by atoms with Crippen LogP contribution in [0.5, 0.6) is 0 Å². The number of anilines is 1. The normalized spacial score (nSPS) is 26.0. The molecule has 2 aromatic rings. The summed E-state index contributed by atoms with van der Waals surface area (Å²) in [6.45, 7) is -0.750. The van der Waals surface area contributed by atoms with Gasteiger partial charge in [-0.1, -0.05) is 0 Å². The molecular weight excluding hydrogens is 491 g/mol. The molecule has 0 spiro atoms. The summed E-state index contributed by atoms with van der Waals surface area (Å²) in [4.78, 5) is 57.4. The minimum absolute atomic E-state index is 0.00108. The largest absolute Gasteiger partial charge is 0.490 e. The number of aliphatic hydroxyl groups excluding tert-OH is 1. The van der Waals surface area contributed by atoms with Crippen molar-refractivity contribution in [1.29, 1.82) is 0 Å². The first-order valence-corrected chi connectivity index (χ1v) is 12.5. The van der Waals surface area contributed by atoms with Gasteiger partial charge in [-0.2, -0.15) is 13.6 Å². The Balaban J connectivity index is 1.67. The summed E-state index contributed by atoms with van der Waals surface area (Å²) < 4.78 is 52.0. The Hall–Kier alpha value is -1.52. The zero-order valence-corrected chi connectivity index (χ0v) is 17.7. The van der Waals surface area contributed by atoms with Crippen LogP contribution in [0, 0.1) is 0 Å². The average molecular weight is 507 g/mol. The molecule has 3 heterocycles. The van der Waals surface area contributed by atoms with Gasteiger partial charge in [0, 0.05) is 6.42 Å². The monoisotopic (exact) mass is 507 g/mol. The van der Waals surface area contributed by atoms with E-state index < -0.39 is 54.1 Å². The van der Waals surface area contributed by atoms with Crippen molar-refractivity contribution in [2.24, 2.45) is 0 Å². The third-order valence-electron chi connectivity index (χ3n) is 3.73. The molecule has 1 aliphatic rings. The summed E-state index contributed by atoms with van der Waals surface area (Å²) in [6.07, 6.45) is -2.41. The molecule has 0 aromatic carbocycles. The van der Waals surface area contributed by atoms with E-state index >= 15 is 0 Å². The Kier molecular flexibility index (Phi) is 6.57. The molecule has 1 saturated heterocycles. The fourth-order valence-corrected chi connectivity index (χ4v) is 5.75. The van der Waals surface area contributed by atoms with Gasteiger partial charge in [-0.25, -0.2) is 18.7 Å². The van der Waals surface area contributed by atoms with Gasteiger partial charge in [0.25, 0.3) is 5.56 Å². The van der Waals surface area contributed by atoms with Crippen LogP contribution in [-0.4, -0.2) is 63.0 Å². The van der Waals surface area contributed by atoms with Gasteiger partial charge in [-0.15, -0.1) is 0 Å². The Bertz CT molecular complexity index is 1170. The Morgan fingerprint density at radius 2 is 1.90 bits per heavy atom. The van der Waals surface area contributed by atoms with Crippen molar-refractivity contribution in [3.05, 3.63) is 16.7 Å². The lowest BCUT2D eigenvalue weighted by molar-refractivity contribution is -0.0481. The number of phosphoric ester groups is 1. The molecule has 3 rings (SSSR count). The summed E-state index contributed by atoms with van der Waals surface area (Å²) in [5.74, 6) is -0.212. The quantitative estimate of drug-likeness (QED) is 0.204. The van der Waals surface area contributed by atoms with E-state index in [2.05, 4.69) is 28.1 Å². The van der Waals surface area contributed by atoms with Crippen LogP contribution in [0.25, 0.3) is 11.2 Å². The Morgan fingerprint density at radius 3 is 2.55 bits per heavy atom. The molecule has 31 heavy (non-hydrogen) atoms. The van der Waals surface area contributed by atoms with Gasteiger partial charge in [-0.05, 0) is 0 Å². The molecule has 3 unspecified atom stereocenters. The summed E-state index contributed by atoms with van der Waals surface area (Å²) in [7, 11) is -16.5. The average Bonchev–Trinajstić information content (AvgIpc) is 3.12. The molecule has 0 radical (unpaired) electrons. The molecule has 21 heteroatoms. The minimum Gasteiger partial charge on any atom is -0.388 e. The number of aromatic amines is 1. The van der Waals surface area contributed by atoms with Crippen LogP contribution in [0.1, 0.15) is 12.6 Å². The Morgan fingerprint density at radius 1 is 1.23 bits per heavy atom. The number of fused-ring (bicyclic) bond motifs is 1. The first kappa shape index (κ1) is 24.1. The van der Waals surface area contributed by atoms with Crippen LogP contribution in [0.2, 0.25) is 0 Å². The van der Waals surface area contributed by atoms with Crippen molar-refractivity contribution in [3.63, 3.8) is 0 Å². The molecule has 2 aromatic heterocycles. The smallest absolute Gasteiger partial charge is 0.388 e. The van der Waals surface area contributed by atoms with Gasteiger partial charge in [0.2, 0.25) is 5.95 Å². The number of ether oxygens (including phenoxy) is 1. The zero-order chi connectivity index (χ0) is 23.2. The highest BCUT2D eigenvalue weighted by molar-refractivity contribution is 7.66. The topological polar surface area (TPSA) is 279 Å². The molecule has 8 N–H and O–H groups in total. The van der Waals surface area contributed by atoms with Crippen LogP contribution in [0.15, 0.2) is 11.1 Å². The van der Waals surface area contributed by atoms with Crippen molar-refractivity contribution in [2.45, 2.75) is 24.9 Å². The van der Waals surface area contributed by atoms with E-state index in [-0.39, 0.29) is 23.5 Å².